The molecule has 0 N–H and O–H groups in total. The van der Waals surface area contributed by atoms with E-state index in [1.54, 1.807) is 38.4 Å². The third-order valence-corrected chi connectivity index (χ3v) is 5.09. The van der Waals surface area contributed by atoms with Crippen LogP contribution < -0.4 is 14.2 Å². The number of amides is 1. The number of aromatic nitrogens is 3. The van der Waals surface area contributed by atoms with Crippen LogP contribution in [0.2, 0.25) is 0 Å². The Morgan fingerprint density at radius 1 is 1.16 bits per heavy atom. The quantitative estimate of drug-likeness (QED) is 0.595. The fourth-order valence-corrected chi connectivity index (χ4v) is 3.47. The van der Waals surface area contributed by atoms with E-state index in [1.165, 1.54) is 0 Å². The molecule has 1 saturated heterocycles. The van der Waals surface area contributed by atoms with Crippen LogP contribution in [0.1, 0.15) is 6.92 Å². The van der Waals surface area contributed by atoms with E-state index in [0.29, 0.717) is 53.8 Å². The molecule has 0 radical (unpaired) electrons. The zero-order chi connectivity index (χ0) is 21.8. The van der Waals surface area contributed by atoms with Crippen LogP contribution in [0.5, 0.6) is 17.4 Å². The first-order chi connectivity index (χ1) is 15.1. The lowest BCUT2D eigenvalue weighted by atomic mass is 10.1. The van der Waals surface area contributed by atoms with Crippen molar-refractivity contribution in [2.45, 2.75) is 13.0 Å². The molecule has 0 bridgehead atoms. The first-order valence-electron chi connectivity index (χ1n) is 9.93. The number of morpholine rings is 1. The van der Waals surface area contributed by atoms with Crippen molar-refractivity contribution in [2.24, 2.45) is 0 Å². The van der Waals surface area contributed by atoms with E-state index in [4.69, 9.17) is 18.9 Å². The van der Waals surface area contributed by atoms with Gasteiger partial charge in [0, 0.05) is 31.4 Å². The SMILES string of the molecule is COc1ccc(-c2cc3nccnc3c(OC[C@@H]3CN(C(C)=O)CCO3)n2)cc1OC. The second-order valence-electron chi connectivity index (χ2n) is 7.08. The molecular weight excluding hydrogens is 400 g/mol. The van der Waals surface area contributed by atoms with E-state index < -0.39 is 0 Å². The Morgan fingerprint density at radius 3 is 2.74 bits per heavy atom. The number of pyridine rings is 1. The van der Waals surface area contributed by atoms with Crippen molar-refractivity contribution < 1.29 is 23.7 Å². The van der Waals surface area contributed by atoms with Crippen LogP contribution in [0.15, 0.2) is 36.7 Å². The maximum absolute atomic E-state index is 11.7. The predicted octanol–water partition coefficient (Wildman–Crippen LogP) is 2.34. The Bertz CT molecular complexity index is 1090. The Hall–Kier alpha value is -3.46. The fraction of sp³-hybridized carbons (Fsp3) is 0.364. The van der Waals surface area contributed by atoms with Gasteiger partial charge >= 0.3 is 0 Å². The van der Waals surface area contributed by atoms with Crippen LogP contribution in [-0.2, 0) is 9.53 Å². The summed E-state index contributed by atoms with van der Waals surface area (Å²) in [4.78, 5) is 26.9. The average Bonchev–Trinajstić information content (AvgIpc) is 2.82. The van der Waals surface area contributed by atoms with Crippen LogP contribution in [-0.4, -0.2) is 72.4 Å². The maximum atomic E-state index is 11.7. The normalized spacial score (nSPS) is 16.2. The number of ether oxygens (including phenoxy) is 4. The molecule has 0 spiro atoms. The van der Waals surface area contributed by atoms with Gasteiger partial charge in [-0.3, -0.25) is 9.78 Å². The summed E-state index contributed by atoms with van der Waals surface area (Å²) in [5, 5.41) is 0. The minimum Gasteiger partial charge on any atom is -0.493 e. The summed E-state index contributed by atoms with van der Waals surface area (Å²) in [6.07, 6.45) is 2.98. The Kier molecular flexibility index (Phi) is 6.13. The van der Waals surface area contributed by atoms with Gasteiger partial charge in [-0.05, 0) is 24.3 Å². The standard InChI is InChI=1S/C22H24N4O5/c1-14(27)26-8-9-30-16(12-26)13-31-22-21-18(23-6-7-24-21)11-17(25-22)15-4-5-19(28-2)20(10-15)29-3/h4-7,10-11,16H,8-9,12-13H2,1-3H3/t16-/m0/s1. The molecule has 1 atom stereocenters. The highest BCUT2D eigenvalue weighted by molar-refractivity contribution is 5.83. The van der Waals surface area contributed by atoms with Gasteiger partial charge in [0.15, 0.2) is 17.0 Å². The lowest BCUT2D eigenvalue weighted by Crippen LogP contribution is -2.46. The molecule has 0 saturated carbocycles. The van der Waals surface area contributed by atoms with Crippen LogP contribution in [0.3, 0.4) is 0 Å². The molecule has 3 heterocycles. The molecule has 9 nitrogen and oxygen atoms in total. The van der Waals surface area contributed by atoms with Gasteiger partial charge in [-0.25, -0.2) is 9.97 Å². The molecular formula is C22H24N4O5. The van der Waals surface area contributed by atoms with Crippen molar-refractivity contribution >= 4 is 16.9 Å². The van der Waals surface area contributed by atoms with Crippen LogP contribution in [0, 0.1) is 0 Å². The van der Waals surface area contributed by atoms with Gasteiger partial charge in [-0.2, -0.15) is 0 Å². The van der Waals surface area contributed by atoms with E-state index in [-0.39, 0.29) is 18.6 Å². The number of benzene rings is 1. The van der Waals surface area contributed by atoms with Crippen LogP contribution in [0.4, 0.5) is 0 Å². The number of rotatable bonds is 6. The first kappa shape index (κ1) is 20.8. The number of nitrogens with zero attached hydrogens (tertiary/aromatic N) is 4. The second-order valence-corrected chi connectivity index (χ2v) is 7.08. The molecule has 9 heteroatoms. The number of carbonyl (C=O) groups excluding carboxylic acids is 1. The summed E-state index contributed by atoms with van der Waals surface area (Å²) in [6.45, 7) is 3.35. The summed E-state index contributed by atoms with van der Waals surface area (Å²) in [7, 11) is 3.18. The molecule has 1 aliphatic rings. The van der Waals surface area contributed by atoms with Gasteiger partial charge in [0.1, 0.15) is 12.7 Å². The molecule has 162 valence electrons. The topological polar surface area (TPSA) is 95.9 Å². The van der Waals surface area contributed by atoms with Gasteiger partial charge in [0.2, 0.25) is 11.8 Å². The minimum absolute atomic E-state index is 0.0261. The van der Waals surface area contributed by atoms with E-state index >= 15 is 0 Å². The largest absolute Gasteiger partial charge is 0.493 e. The maximum Gasteiger partial charge on any atom is 0.242 e. The Morgan fingerprint density at radius 2 is 1.97 bits per heavy atom. The second kappa shape index (κ2) is 9.13. The number of hydrogen-bond donors (Lipinski definition) is 0. The Labute approximate surface area is 179 Å². The van der Waals surface area contributed by atoms with Crippen LogP contribution >= 0.6 is 0 Å². The fourth-order valence-electron chi connectivity index (χ4n) is 3.47. The van der Waals surface area contributed by atoms with Crippen molar-refractivity contribution in [1.29, 1.82) is 0 Å². The van der Waals surface area contributed by atoms with E-state index in [0.717, 1.165) is 5.56 Å². The summed E-state index contributed by atoms with van der Waals surface area (Å²) < 4.78 is 22.5. The Balaban J connectivity index is 1.63. The number of carbonyl (C=O) groups is 1. The summed E-state index contributed by atoms with van der Waals surface area (Å²) in [5.41, 5.74) is 2.71. The molecule has 1 amide bonds. The molecule has 0 aliphatic carbocycles. The van der Waals surface area contributed by atoms with E-state index in [2.05, 4.69) is 15.0 Å². The zero-order valence-electron chi connectivity index (χ0n) is 17.7. The molecule has 3 aromatic rings. The highest BCUT2D eigenvalue weighted by atomic mass is 16.5. The molecule has 4 rings (SSSR count). The number of hydrogen-bond acceptors (Lipinski definition) is 8. The summed E-state index contributed by atoms with van der Waals surface area (Å²) in [5.74, 6) is 1.62. The average molecular weight is 424 g/mol. The van der Waals surface area contributed by atoms with Crippen LogP contribution in [0.25, 0.3) is 22.3 Å². The van der Waals surface area contributed by atoms with Crippen molar-refractivity contribution in [2.75, 3.05) is 40.5 Å². The highest BCUT2D eigenvalue weighted by Gasteiger charge is 2.23. The summed E-state index contributed by atoms with van der Waals surface area (Å²) in [6, 6.07) is 7.42. The lowest BCUT2D eigenvalue weighted by molar-refractivity contribution is -0.137. The highest BCUT2D eigenvalue weighted by Crippen LogP contribution is 2.33. The third-order valence-electron chi connectivity index (χ3n) is 5.09. The van der Waals surface area contributed by atoms with Gasteiger partial charge in [0.05, 0.1) is 38.6 Å². The molecule has 1 aliphatic heterocycles. The number of fused-ring (bicyclic) bond motifs is 1. The van der Waals surface area contributed by atoms with Crippen molar-refractivity contribution in [3.63, 3.8) is 0 Å². The molecule has 31 heavy (non-hydrogen) atoms. The van der Waals surface area contributed by atoms with Crippen molar-refractivity contribution in [1.82, 2.24) is 19.9 Å². The van der Waals surface area contributed by atoms with E-state index in [1.807, 2.05) is 24.3 Å². The molecule has 1 fully saturated rings. The number of methoxy groups -OCH3 is 2. The smallest absolute Gasteiger partial charge is 0.242 e. The zero-order valence-corrected chi connectivity index (χ0v) is 17.7. The monoisotopic (exact) mass is 424 g/mol. The molecule has 0 unspecified atom stereocenters. The lowest BCUT2D eigenvalue weighted by Gasteiger charge is -2.32. The van der Waals surface area contributed by atoms with Crippen molar-refractivity contribution in [3.05, 3.63) is 36.7 Å². The van der Waals surface area contributed by atoms with Gasteiger partial charge < -0.3 is 23.8 Å². The summed E-state index contributed by atoms with van der Waals surface area (Å²) >= 11 is 0. The molecule has 2 aromatic heterocycles. The van der Waals surface area contributed by atoms with Crippen molar-refractivity contribution in [3.8, 4) is 28.6 Å². The molecule has 1 aromatic carbocycles. The van der Waals surface area contributed by atoms with E-state index in [9.17, 15) is 4.79 Å². The first-order valence-corrected chi connectivity index (χ1v) is 9.93. The van der Waals surface area contributed by atoms with Gasteiger partial charge in [-0.15, -0.1) is 0 Å². The van der Waals surface area contributed by atoms with Gasteiger partial charge in [-0.1, -0.05) is 0 Å². The van der Waals surface area contributed by atoms with Gasteiger partial charge in [0.25, 0.3) is 0 Å². The minimum atomic E-state index is -0.240. The third kappa shape index (κ3) is 4.51. The predicted molar refractivity (Wildman–Crippen MR) is 113 cm³/mol.